The maximum atomic E-state index is 11.2. The number of aliphatic imine (C=N–C) groups is 1. The van der Waals surface area contributed by atoms with Crippen LogP contribution in [0.15, 0.2) is 22.8 Å². The Kier molecular flexibility index (Phi) is 6.19. The van der Waals surface area contributed by atoms with Gasteiger partial charge in [-0.2, -0.15) is 0 Å². The molecule has 1 aromatic rings. The van der Waals surface area contributed by atoms with E-state index in [0.717, 1.165) is 48.7 Å². The van der Waals surface area contributed by atoms with E-state index in [9.17, 15) is 4.79 Å². The number of carbonyl (C=O) groups is 1. The van der Waals surface area contributed by atoms with Crippen LogP contribution in [0.5, 0.6) is 5.75 Å². The first kappa shape index (κ1) is 16.7. The first-order valence-corrected chi connectivity index (χ1v) is 8.67. The number of unbranched alkanes of at least 4 members (excludes halogenated alkanes) is 1. The van der Waals surface area contributed by atoms with Gasteiger partial charge in [0.05, 0.1) is 16.5 Å². The van der Waals surface area contributed by atoms with Crippen molar-refractivity contribution in [1.29, 1.82) is 0 Å². The van der Waals surface area contributed by atoms with Crippen LogP contribution in [0, 0.1) is 0 Å². The zero-order chi connectivity index (χ0) is 15.9. The second kappa shape index (κ2) is 8.13. The Labute approximate surface area is 136 Å². The summed E-state index contributed by atoms with van der Waals surface area (Å²) in [5, 5.41) is 3.71. The lowest BCUT2D eigenvalue weighted by molar-refractivity contribution is -0.114. The molecule has 22 heavy (non-hydrogen) atoms. The number of fused-ring (bicyclic) bond motifs is 1. The molecule has 1 atom stereocenters. The lowest BCUT2D eigenvalue weighted by Crippen LogP contribution is -2.12. The highest BCUT2D eigenvalue weighted by molar-refractivity contribution is 7.16. The highest BCUT2D eigenvalue weighted by Gasteiger charge is 2.25. The van der Waals surface area contributed by atoms with Crippen LogP contribution < -0.4 is 10.1 Å². The topological polar surface area (TPSA) is 50.7 Å². The Morgan fingerprint density at radius 2 is 2.41 bits per heavy atom. The van der Waals surface area contributed by atoms with Gasteiger partial charge < -0.3 is 10.1 Å². The zero-order valence-electron chi connectivity index (χ0n) is 13.5. The van der Waals surface area contributed by atoms with Crippen molar-refractivity contribution in [3.63, 3.8) is 0 Å². The van der Waals surface area contributed by atoms with Crippen molar-refractivity contribution in [1.82, 2.24) is 0 Å². The summed E-state index contributed by atoms with van der Waals surface area (Å²) in [6.45, 7) is 6.44. The highest BCUT2D eigenvalue weighted by atomic mass is 32.1. The van der Waals surface area contributed by atoms with Crippen LogP contribution in [0.1, 0.15) is 57.2 Å². The maximum absolute atomic E-state index is 11.2. The summed E-state index contributed by atoms with van der Waals surface area (Å²) >= 11 is 1.62. The largest absolute Gasteiger partial charge is 0.492 e. The Balaban J connectivity index is 2.11. The summed E-state index contributed by atoms with van der Waals surface area (Å²) in [5.41, 5.74) is 1.13. The number of allylic oxidation sites excluding steroid dienone is 2. The van der Waals surface area contributed by atoms with Crippen molar-refractivity contribution >= 4 is 28.5 Å². The molecule has 5 heteroatoms. The Hall–Kier alpha value is -1.62. The predicted octanol–water partition coefficient (Wildman–Crippen LogP) is 4.74. The third-order valence-electron chi connectivity index (χ3n) is 3.58. The highest BCUT2D eigenvalue weighted by Crippen LogP contribution is 2.45. The molecule has 2 rings (SSSR count). The smallest absolute Gasteiger partial charge is 0.221 e. The van der Waals surface area contributed by atoms with E-state index in [1.54, 1.807) is 11.3 Å². The van der Waals surface area contributed by atoms with Crippen molar-refractivity contribution in [3.8, 4) is 5.75 Å². The molecule has 0 spiro atoms. The minimum absolute atomic E-state index is 0.0477. The number of nitrogens with one attached hydrogen (secondary N) is 1. The molecule has 1 aliphatic rings. The summed E-state index contributed by atoms with van der Waals surface area (Å²) < 4.78 is 5.73. The standard InChI is InChI=1S/C17H24N2O2S/c1-4-6-8-18-14(5-2)10-13-7-9-21-15-11-16(19-12(3)20)22-17(13)15/h5,8,11,13H,4,6-7,9-10H2,1-3H3,(H,19,20)/b14-5-,18-8?. The molecule has 0 aromatic carbocycles. The van der Waals surface area contributed by atoms with Crippen LogP contribution in [0.3, 0.4) is 0 Å². The van der Waals surface area contributed by atoms with Crippen molar-refractivity contribution in [2.75, 3.05) is 11.9 Å². The van der Waals surface area contributed by atoms with E-state index in [1.165, 1.54) is 11.8 Å². The van der Waals surface area contributed by atoms with Gasteiger partial charge in [0.1, 0.15) is 5.75 Å². The Bertz CT molecular complexity index is 575. The predicted molar refractivity (Wildman–Crippen MR) is 93.2 cm³/mol. The summed E-state index contributed by atoms with van der Waals surface area (Å²) in [7, 11) is 0. The normalized spacial score (nSPS) is 18.1. The number of nitrogens with zero attached hydrogens (tertiary/aromatic N) is 1. The van der Waals surface area contributed by atoms with Gasteiger partial charge >= 0.3 is 0 Å². The second-order valence-corrected chi connectivity index (χ2v) is 6.52. The number of anilines is 1. The number of hydrogen-bond donors (Lipinski definition) is 1. The molecule has 1 aliphatic heterocycles. The minimum Gasteiger partial charge on any atom is -0.492 e. The molecule has 0 saturated carbocycles. The van der Waals surface area contributed by atoms with Gasteiger partial charge in [-0.1, -0.05) is 19.4 Å². The average Bonchev–Trinajstić information content (AvgIpc) is 2.88. The van der Waals surface area contributed by atoms with Crippen LogP contribution in [-0.4, -0.2) is 18.7 Å². The van der Waals surface area contributed by atoms with Crippen LogP contribution in [-0.2, 0) is 4.79 Å². The summed E-state index contributed by atoms with van der Waals surface area (Å²) in [6.07, 6.45) is 8.14. The fourth-order valence-electron chi connectivity index (χ4n) is 2.47. The van der Waals surface area contributed by atoms with E-state index in [1.807, 2.05) is 19.2 Å². The van der Waals surface area contributed by atoms with Crippen molar-refractivity contribution < 1.29 is 9.53 Å². The third-order valence-corrected chi connectivity index (χ3v) is 4.78. The number of rotatable bonds is 6. The number of carbonyl (C=O) groups excluding carboxylic acids is 1. The van der Waals surface area contributed by atoms with E-state index in [0.29, 0.717) is 5.92 Å². The van der Waals surface area contributed by atoms with Gasteiger partial charge in [-0.3, -0.25) is 9.79 Å². The average molecular weight is 320 g/mol. The molecule has 1 amide bonds. The van der Waals surface area contributed by atoms with Crippen molar-refractivity contribution in [2.24, 2.45) is 4.99 Å². The van der Waals surface area contributed by atoms with Gasteiger partial charge in [0.2, 0.25) is 5.91 Å². The summed E-state index contributed by atoms with van der Waals surface area (Å²) in [4.78, 5) is 17.0. The molecular weight excluding hydrogens is 296 g/mol. The van der Waals surface area contributed by atoms with Gasteiger partial charge in [0.15, 0.2) is 0 Å². The van der Waals surface area contributed by atoms with E-state index in [-0.39, 0.29) is 5.91 Å². The summed E-state index contributed by atoms with van der Waals surface area (Å²) in [5.74, 6) is 1.28. The molecule has 1 unspecified atom stereocenters. The molecule has 0 saturated heterocycles. The molecule has 4 nitrogen and oxygen atoms in total. The van der Waals surface area contributed by atoms with Gasteiger partial charge in [0.25, 0.3) is 0 Å². The SMILES string of the molecule is C/C=C(/CC1CCOc2cc(NC(C)=O)sc21)N=CCCC. The van der Waals surface area contributed by atoms with Gasteiger partial charge in [-0.15, -0.1) is 11.3 Å². The molecule has 0 bridgehead atoms. The fourth-order valence-corrected chi connectivity index (χ4v) is 3.65. The quantitative estimate of drug-likeness (QED) is 0.770. The zero-order valence-corrected chi connectivity index (χ0v) is 14.3. The molecular formula is C17H24N2O2S. The number of thiophene rings is 1. The number of ether oxygens (including phenoxy) is 1. The van der Waals surface area contributed by atoms with Crippen LogP contribution in [0.25, 0.3) is 0 Å². The lowest BCUT2D eigenvalue weighted by Gasteiger charge is -2.22. The first-order chi connectivity index (χ1) is 10.6. The van der Waals surface area contributed by atoms with Gasteiger partial charge in [-0.05, 0) is 26.2 Å². The Morgan fingerprint density at radius 1 is 1.59 bits per heavy atom. The number of amides is 1. The van der Waals surface area contributed by atoms with Crippen LogP contribution >= 0.6 is 11.3 Å². The fraction of sp³-hybridized carbons (Fsp3) is 0.529. The molecule has 2 heterocycles. The molecule has 1 N–H and O–H groups in total. The molecule has 1 aromatic heterocycles. The molecule has 0 radical (unpaired) electrons. The molecule has 0 fully saturated rings. The van der Waals surface area contributed by atoms with Crippen LogP contribution in [0.4, 0.5) is 5.00 Å². The maximum Gasteiger partial charge on any atom is 0.221 e. The minimum atomic E-state index is -0.0477. The molecule has 0 aliphatic carbocycles. The van der Waals surface area contributed by atoms with Crippen molar-refractivity contribution in [3.05, 3.63) is 22.7 Å². The monoisotopic (exact) mass is 320 g/mol. The van der Waals surface area contributed by atoms with Crippen LogP contribution in [0.2, 0.25) is 0 Å². The van der Waals surface area contributed by atoms with E-state index in [2.05, 4.69) is 23.3 Å². The number of hydrogen-bond acceptors (Lipinski definition) is 4. The lowest BCUT2D eigenvalue weighted by atomic mass is 9.96. The van der Waals surface area contributed by atoms with Gasteiger partial charge in [-0.25, -0.2) is 0 Å². The van der Waals surface area contributed by atoms with Gasteiger partial charge in [0, 0.05) is 30.8 Å². The van der Waals surface area contributed by atoms with E-state index in [4.69, 9.17) is 4.74 Å². The first-order valence-electron chi connectivity index (χ1n) is 7.85. The third kappa shape index (κ3) is 4.44. The molecule has 120 valence electrons. The second-order valence-electron chi connectivity index (χ2n) is 5.44. The Morgan fingerprint density at radius 3 is 3.09 bits per heavy atom. The van der Waals surface area contributed by atoms with Crippen molar-refractivity contribution in [2.45, 2.75) is 52.4 Å². The van der Waals surface area contributed by atoms with E-state index < -0.39 is 0 Å². The van der Waals surface area contributed by atoms with E-state index >= 15 is 0 Å². The summed E-state index contributed by atoms with van der Waals surface area (Å²) in [6, 6.07) is 1.93.